The molecule has 0 N–H and O–H groups in total. The number of aromatic nitrogens is 3. The van der Waals surface area contributed by atoms with Crippen LogP contribution in [0.15, 0.2) is 61.2 Å². The Hall–Kier alpha value is -3.01. The lowest BCUT2D eigenvalue weighted by molar-refractivity contribution is 0.619. The standard InChI is InChI=1S/C21H18FN3/c1-3-25-13-24-20-10-17(15-7-6-14(2)19(22)9-15)18(11-21(20)25)16-5-4-8-23-12-16/h4-13H,3H2,1-2H3. The molecule has 0 fully saturated rings. The highest BCUT2D eigenvalue weighted by Gasteiger charge is 2.13. The maximum atomic E-state index is 14.1. The average molecular weight is 331 g/mol. The molecule has 25 heavy (non-hydrogen) atoms. The third kappa shape index (κ3) is 2.70. The number of rotatable bonds is 3. The summed E-state index contributed by atoms with van der Waals surface area (Å²) in [5.74, 6) is -0.200. The van der Waals surface area contributed by atoms with Crippen LogP contribution >= 0.6 is 0 Å². The summed E-state index contributed by atoms with van der Waals surface area (Å²) in [4.78, 5) is 8.75. The van der Waals surface area contributed by atoms with E-state index >= 15 is 0 Å². The predicted octanol–water partition coefficient (Wildman–Crippen LogP) is 5.23. The van der Waals surface area contributed by atoms with Gasteiger partial charge in [0, 0.05) is 24.5 Å². The first-order valence-corrected chi connectivity index (χ1v) is 8.33. The van der Waals surface area contributed by atoms with E-state index in [1.54, 1.807) is 19.2 Å². The summed E-state index contributed by atoms with van der Waals surface area (Å²) < 4.78 is 16.2. The SMILES string of the molecule is CCn1cnc2cc(-c3ccc(C)c(F)c3)c(-c3cccnc3)cc21. The van der Waals surface area contributed by atoms with E-state index in [1.165, 1.54) is 0 Å². The molecule has 0 aliphatic heterocycles. The van der Waals surface area contributed by atoms with Crippen LogP contribution in [0.2, 0.25) is 0 Å². The molecule has 4 aromatic rings. The lowest BCUT2D eigenvalue weighted by atomic mass is 9.94. The second-order valence-corrected chi connectivity index (χ2v) is 6.12. The summed E-state index contributed by atoms with van der Waals surface area (Å²) in [6.45, 7) is 4.71. The van der Waals surface area contributed by atoms with E-state index in [4.69, 9.17) is 0 Å². The smallest absolute Gasteiger partial charge is 0.126 e. The quantitative estimate of drug-likeness (QED) is 0.514. The average Bonchev–Trinajstić information content (AvgIpc) is 3.06. The van der Waals surface area contributed by atoms with Crippen LogP contribution in [0.1, 0.15) is 12.5 Å². The zero-order chi connectivity index (χ0) is 17.4. The van der Waals surface area contributed by atoms with Gasteiger partial charge in [-0.15, -0.1) is 0 Å². The van der Waals surface area contributed by atoms with Crippen LogP contribution < -0.4 is 0 Å². The maximum Gasteiger partial charge on any atom is 0.126 e. The minimum atomic E-state index is -0.200. The van der Waals surface area contributed by atoms with Crippen molar-refractivity contribution in [3.05, 3.63) is 72.6 Å². The monoisotopic (exact) mass is 331 g/mol. The number of imidazole rings is 1. The van der Waals surface area contributed by atoms with Crippen LogP contribution in [0.3, 0.4) is 0 Å². The van der Waals surface area contributed by atoms with Gasteiger partial charge in [-0.05, 0) is 60.4 Å². The minimum absolute atomic E-state index is 0.200. The van der Waals surface area contributed by atoms with Gasteiger partial charge < -0.3 is 4.57 Å². The number of fused-ring (bicyclic) bond motifs is 1. The lowest BCUT2D eigenvalue weighted by Crippen LogP contribution is -1.93. The van der Waals surface area contributed by atoms with Crippen molar-refractivity contribution in [2.24, 2.45) is 0 Å². The highest BCUT2D eigenvalue weighted by atomic mass is 19.1. The second-order valence-electron chi connectivity index (χ2n) is 6.12. The van der Waals surface area contributed by atoms with Gasteiger partial charge in [0.2, 0.25) is 0 Å². The second kappa shape index (κ2) is 6.13. The van der Waals surface area contributed by atoms with Crippen LogP contribution in [0, 0.1) is 12.7 Å². The number of hydrogen-bond donors (Lipinski definition) is 0. The molecule has 2 aromatic heterocycles. The van der Waals surface area contributed by atoms with Crippen molar-refractivity contribution in [1.82, 2.24) is 14.5 Å². The molecule has 0 saturated heterocycles. The molecular weight excluding hydrogens is 313 g/mol. The van der Waals surface area contributed by atoms with Crippen molar-refractivity contribution in [3.8, 4) is 22.3 Å². The topological polar surface area (TPSA) is 30.7 Å². The molecular formula is C21H18FN3. The Morgan fingerprint density at radius 2 is 1.88 bits per heavy atom. The summed E-state index contributed by atoms with van der Waals surface area (Å²) >= 11 is 0. The zero-order valence-corrected chi connectivity index (χ0v) is 14.2. The van der Waals surface area contributed by atoms with Crippen LogP contribution in [-0.2, 0) is 6.54 Å². The van der Waals surface area contributed by atoms with Gasteiger partial charge in [-0.1, -0.05) is 18.2 Å². The number of halogens is 1. The highest BCUT2D eigenvalue weighted by molar-refractivity contribution is 5.93. The predicted molar refractivity (Wildman–Crippen MR) is 98.8 cm³/mol. The Bertz CT molecular complexity index is 1050. The Kier molecular flexibility index (Phi) is 3.80. The minimum Gasteiger partial charge on any atom is -0.331 e. The molecule has 3 nitrogen and oxygen atoms in total. The summed E-state index contributed by atoms with van der Waals surface area (Å²) in [7, 11) is 0. The van der Waals surface area contributed by atoms with Gasteiger partial charge in [-0.3, -0.25) is 4.98 Å². The van der Waals surface area contributed by atoms with Gasteiger partial charge in [0.25, 0.3) is 0 Å². The van der Waals surface area contributed by atoms with E-state index in [9.17, 15) is 4.39 Å². The third-order valence-electron chi connectivity index (χ3n) is 4.56. The third-order valence-corrected chi connectivity index (χ3v) is 4.56. The fourth-order valence-electron chi connectivity index (χ4n) is 3.12. The van der Waals surface area contributed by atoms with E-state index < -0.39 is 0 Å². The van der Waals surface area contributed by atoms with Crippen molar-refractivity contribution in [2.45, 2.75) is 20.4 Å². The normalized spacial score (nSPS) is 11.2. The summed E-state index contributed by atoms with van der Waals surface area (Å²) in [6, 6.07) is 13.4. The van der Waals surface area contributed by atoms with Crippen LogP contribution in [0.4, 0.5) is 4.39 Å². The molecule has 0 unspecified atom stereocenters. The van der Waals surface area contributed by atoms with Gasteiger partial charge in [-0.2, -0.15) is 0 Å². The fraction of sp³-hybridized carbons (Fsp3) is 0.143. The largest absolute Gasteiger partial charge is 0.331 e. The number of aryl methyl sites for hydroxylation is 2. The zero-order valence-electron chi connectivity index (χ0n) is 14.2. The molecule has 0 amide bonds. The van der Waals surface area contributed by atoms with E-state index in [0.717, 1.165) is 39.8 Å². The van der Waals surface area contributed by atoms with E-state index in [1.807, 2.05) is 42.9 Å². The summed E-state index contributed by atoms with van der Waals surface area (Å²) in [5, 5.41) is 0. The number of nitrogens with zero attached hydrogens (tertiary/aromatic N) is 3. The lowest BCUT2D eigenvalue weighted by Gasteiger charge is -2.12. The maximum absolute atomic E-state index is 14.1. The molecule has 124 valence electrons. The Morgan fingerprint density at radius 3 is 2.60 bits per heavy atom. The Labute approximate surface area is 145 Å². The molecule has 0 aliphatic carbocycles. The van der Waals surface area contributed by atoms with Gasteiger partial charge in [-0.25, -0.2) is 9.37 Å². The van der Waals surface area contributed by atoms with Crippen molar-refractivity contribution in [1.29, 1.82) is 0 Å². The van der Waals surface area contributed by atoms with E-state index in [-0.39, 0.29) is 5.82 Å². The van der Waals surface area contributed by atoms with E-state index in [2.05, 4.69) is 27.5 Å². The van der Waals surface area contributed by atoms with E-state index in [0.29, 0.717) is 5.56 Å². The van der Waals surface area contributed by atoms with Gasteiger partial charge in [0.05, 0.1) is 17.4 Å². The van der Waals surface area contributed by atoms with Crippen LogP contribution in [0.25, 0.3) is 33.3 Å². The molecule has 0 saturated carbocycles. The number of benzene rings is 2. The first-order chi connectivity index (χ1) is 12.2. The van der Waals surface area contributed by atoms with Gasteiger partial charge >= 0.3 is 0 Å². The first-order valence-electron chi connectivity index (χ1n) is 8.33. The van der Waals surface area contributed by atoms with Crippen molar-refractivity contribution < 1.29 is 4.39 Å². The van der Waals surface area contributed by atoms with Crippen LogP contribution in [-0.4, -0.2) is 14.5 Å². The summed E-state index contributed by atoms with van der Waals surface area (Å²) in [6.07, 6.45) is 5.43. The number of hydrogen-bond acceptors (Lipinski definition) is 2. The fourth-order valence-corrected chi connectivity index (χ4v) is 3.12. The highest BCUT2D eigenvalue weighted by Crippen LogP contribution is 2.35. The Morgan fingerprint density at radius 1 is 1.04 bits per heavy atom. The molecule has 0 atom stereocenters. The molecule has 2 heterocycles. The molecule has 0 bridgehead atoms. The van der Waals surface area contributed by atoms with Crippen LogP contribution in [0.5, 0.6) is 0 Å². The molecule has 2 aromatic carbocycles. The summed E-state index contributed by atoms with van der Waals surface area (Å²) in [5.41, 5.74) is 6.45. The molecule has 0 radical (unpaired) electrons. The van der Waals surface area contributed by atoms with Crippen molar-refractivity contribution in [2.75, 3.05) is 0 Å². The first kappa shape index (κ1) is 15.5. The number of pyridine rings is 1. The van der Waals surface area contributed by atoms with Gasteiger partial charge in [0.1, 0.15) is 5.82 Å². The molecule has 0 aliphatic rings. The molecule has 4 heteroatoms. The van der Waals surface area contributed by atoms with Crippen molar-refractivity contribution >= 4 is 11.0 Å². The molecule has 0 spiro atoms. The molecule has 4 rings (SSSR count). The Balaban J connectivity index is 2.02. The van der Waals surface area contributed by atoms with Crippen molar-refractivity contribution in [3.63, 3.8) is 0 Å². The van der Waals surface area contributed by atoms with Gasteiger partial charge in [0.15, 0.2) is 0 Å².